The summed E-state index contributed by atoms with van der Waals surface area (Å²) in [4.78, 5) is 0. The first-order valence-corrected chi connectivity index (χ1v) is 6.60. The minimum Gasteiger partial charge on any atom is -0.459 e. The highest BCUT2D eigenvalue weighted by molar-refractivity contribution is 7.17. The van der Waals surface area contributed by atoms with Crippen molar-refractivity contribution < 1.29 is 4.42 Å². The number of rotatable bonds is 0. The van der Waals surface area contributed by atoms with Gasteiger partial charge in [-0.15, -0.1) is 11.3 Å². The zero-order valence-electron chi connectivity index (χ0n) is 11.0. The van der Waals surface area contributed by atoms with Crippen molar-refractivity contribution in [2.24, 2.45) is 0 Å². The van der Waals surface area contributed by atoms with E-state index in [4.69, 9.17) is 4.42 Å². The van der Waals surface area contributed by atoms with Gasteiger partial charge in [0.15, 0.2) is 0 Å². The Hall–Kier alpha value is -0.760. The Kier molecular flexibility index (Phi) is 2.46. The fraction of sp³-hybridized carbons (Fsp3) is 0.571. The van der Waals surface area contributed by atoms with Crippen LogP contribution in [0.15, 0.2) is 15.9 Å². The van der Waals surface area contributed by atoms with Gasteiger partial charge in [-0.25, -0.2) is 0 Å². The second kappa shape index (κ2) is 3.36. The summed E-state index contributed by atoms with van der Waals surface area (Å²) >= 11 is 1.78. The van der Waals surface area contributed by atoms with Crippen LogP contribution < -0.4 is 0 Å². The molecular formula is C14H20OS. The summed E-state index contributed by atoms with van der Waals surface area (Å²) in [5, 5.41) is 2.11. The Morgan fingerprint density at radius 1 is 1.00 bits per heavy atom. The summed E-state index contributed by atoms with van der Waals surface area (Å²) in [5.41, 5.74) is 2.63. The highest BCUT2D eigenvalue weighted by Crippen LogP contribution is 2.42. The van der Waals surface area contributed by atoms with E-state index in [0.29, 0.717) is 0 Å². The predicted molar refractivity (Wildman–Crippen MR) is 71.5 cm³/mol. The fourth-order valence-corrected chi connectivity index (χ4v) is 3.10. The summed E-state index contributed by atoms with van der Waals surface area (Å²) in [5.74, 6) is 1.14. The number of thiophene rings is 1. The van der Waals surface area contributed by atoms with Crippen LogP contribution in [0.1, 0.15) is 52.9 Å². The number of fused-ring (bicyclic) bond motifs is 1. The van der Waals surface area contributed by atoms with Gasteiger partial charge >= 0.3 is 0 Å². The molecule has 0 bridgehead atoms. The maximum Gasteiger partial charge on any atom is 0.145 e. The molecule has 2 heteroatoms. The topological polar surface area (TPSA) is 13.1 Å². The molecule has 2 rings (SSSR count). The quantitative estimate of drug-likeness (QED) is 0.621. The Morgan fingerprint density at radius 2 is 1.62 bits per heavy atom. The Bertz CT molecular complexity index is 503. The highest BCUT2D eigenvalue weighted by atomic mass is 32.1. The van der Waals surface area contributed by atoms with E-state index >= 15 is 0 Å². The van der Waals surface area contributed by atoms with Gasteiger partial charge in [-0.1, -0.05) is 41.5 Å². The molecule has 0 radical (unpaired) electrons. The number of hydrogen-bond acceptors (Lipinski definition) is 2. The molecule has 0 amide bonds. The largest absolute Gasteiger partial charge is 0.459 e. The Balaban J connectivity index is 2.79. The van der Waals surface area contributed by atoms with Gasteiger partial charge in [0.05, 0.1) is 4.70 Å². The van der Waals surface area contributed by atoms with Crippen molar-refractivity contribution in [3.63, 3.8) is 0 Å². The first-order chi connectivity index (χ1) is 7.21. The van der Waals surface area contributed by atoms with Crippen molar-refractivity contribution >= 4 is 21.6 Å². The number of furan rings is 1. The van der Waals surface area contributed by atoms with Gasteiger partial charge in [-0.2, -0.15) is 0 Å². The van der Waals surface area contributed by atoms with Gasteiger partial charge in [-0.05, 0) is 16.9 Å². The summed E-state index contributed by atoms with van der Waals surface area (Å²) in [6.07, 6.45) is 0. The van der Waals surface area contributed by atoms with Gasteiger partial charge in [0.1, 0.15) is 11.3 Å². The van der Waals surface area contributed by atoms with Crippen molar-refractivity contribution in [3.8, 4) is 0 Å². The van der Waals surface area contributed by atoms with Gasteiger partial charge < -0.3 is 4.42 Å². The molecule has 0 aliphatic carbocycles. The zero-order valence-corrected chi connectivity index (χ0v) is 11.8. The van der Waals surface area contributed by atoms with Crippen LogP contribution in [-0.2, 0) is 10.8 Å². The molecule has 0 saturated heterocycles. The van der Waals surface area contributed by atoms with Gasteiger partial charge in [-0.3, -0.25) is 0 Å². The summed E-state index contributed by atoms with van der Waals surface area (Å²) in [6.45, 7) is 13.4. The normalized spacial score (nSPS) is 13.6. The summed E-state index contributed by atoms with van der Waals surface area (Å²) in [6, 6.07) is 2.07. The van der Waals surface area contributed by atoms with Crippen molar-refractivity contribution in [2.45, 2.75) is 52.4 Å². The lowest BCUT2D eigenvalue weighted by atomic mass is 9.80. The van der Waals surface area contributed by atoms with Crippen molar-refractivity contribution in [1.82, 2.24) is 0 Å². The van der Waals surface area contributed by atoms with Crippen LogP contribution in [0, 0.1) is 0 Å². The van der Waals surface area contributed by atoms with E-state index in [-0.39, 0.29) is 10.8 Å². The van der Waals surface area contributed by atoms with Crippen LogP contribution in [0.5, 0.6) is 0 Å². The molecule has 0 aliphatic rings. The molecular weight excluding hydrogens is 216 g/mol. The lowest BCUT2D eigenvalue weighted by Gasteiger charge is -2.24. The smallest absolute Gasteiger partial charge is 0.145 e. The molecule has 0 aliphatic heterocycles. The third kappa shape index (κ3) is 1.80. The second-order valence-electron chi connectivity index (χ2n) is 6.42. The Labute approximate surface area is 101 Å². The first-order valence-electron chi connectivity index (χ1n) is 5.72. The monoisotopic (exact) mass is 236 g/mol. The molecule has 0 unspecified atom stereocenters. The fourth-order valence-electron chi connectivity index (χ4n) is 2.03. The van der Waals surface area contributed by atoms with Crippen LogP contribution in [0.25, 0.3) is 10.3 Å². The molecule has 0 spiro atoms. The van der Waals surface area contributed by atoms with Crippen molar-refractivity contribution in [1.29, 1.82) is 0 Å². The molecule has 1 nitrogen and oxygen atoms in total. The van der Waals surface area contributed by atoms with E-state index in [1.54, 1.807) is 11.3 Å². The molecule has 88 valence electrons. The van der Waals surface area contributed by atoms with E-state index < -0.39 is 0 Å². The third-order valence-corrected chi connectivity index (χ3v) is 3.64. The predicted octanol–water partition coefficient (Wildman–Crippen LogP) is 5.09. The molecule has 0 atom stereocenters. The van der Waals surface area contributed by atoms with Crippen LogP contribution in [-0.4, -0.2) is 0 Å². The van der Waals surface area contributed by atoms with Crippen molar-refractivity contribution in [3.05, 3.63) is 22.8 Å². The maximum atomic E-state index is 6.04. The van der Waals surface area contributed by atoms with Crippen LogP contribution in [0.2, 0.25) is 0 Å². The van der Waals surface area contributed by atoms with E-state index in [0.717, 1.165) is 11.3 Å². The summed E-state index contributed by atoms with van der Waals surface area (Å²) in [7, 11) is 0. The average Bonchev–Trinajstić information content (AvgIpc) is 2.53. The average molecular weight is 236 g/mol. The molecule has 0 aromatic carbocycles. The highest BCUT2D eigenvalue weighted by Gasteiger charge is 2.31. The maximum absolute atomic E-state index is 6.04. The molecule has 16 heavy (non-hydrogen) atoms. The second-order valence-corrected chi connectivity index (χ2v) is 7.34. The van der Waals surface area contributed by atoms with Crippen LogP contribution in [0.4, 0.5) is 0 Å². The first kappa shape index (κ1) is 11.7. The SMILES string of the molecule is CC(C)(C)c1oc2ccsc2c1C(C)(C)C. The molecule has 2 heterocycles. The van der Waals surface area contributed by atoms with Crippen molar-refractivity contribution in [2.75, 3.05) is 0 Å². The molecule has 0 saturated carbocycles. The molecule has 2 aromatic heterocycles. The van der Waals surface area contributed by atoms with Gasteiger partial charge in [0.25, 0.3) is 0 Å². The lowest BCUT2D eigenvalue weighted by molar-refractivity contribution is 0.409. The molecule has 0 fully saturated rings. The van der Waals surface area contributed by atoms with E-state index in [2.05, 4.69) is 53.0 Å². The minimum atomic E-state index is 0.0708. The number of hydrogen-bond donors (Lipinski definition) is 0. The van der Waals surface area contributed by atoms with Crippen LogP contribution in [0.3, 0.4) is 0 Å². The van der Waals surface area contributed by atoms with Crippen LogP contribution >= 0.6 is 11.3 Å². The third-order valence-electron chi connectivity index (χ3n) is 2.73. The van der Waals surface area contributed by atoms with E-state index in [9.17, 15) is 0 Å². The molecule has 0 N–H and O–H groups in total. The van der Waals surface area contributed by atoms with E-state index in [1.807, 2.05) is 0 Å². The Morgan fingerprint density at radius 3 is 2.12 bits per heavy atom. The van der Waals surface area contributed by atoms with Gasteiger partial charge in [0.2, 0.25) is 0 Å². The summed E-state index contributed by atoms with van der Waals surface area (Å²) < 4.78 is 7.36. The molecule has 2 aromatic rings. The minimum absolute atomic E-state index is 0.0708. The standard InChI is InChI=1S/C14H20OS/c1-13(2,3)10-11-9(7-8-16-11)15-12(10)14(4,5)6/h7-8H,1-6H3. The zero-order chi connectivity index (χ0) is 12.1. The van der Waals surface area contributed by atoms with E-state index in [1.165, 1.54) is 10.3 Å². The van der Waals surface area contributed by atoms with Gasteiger partial charge in [0, 0.05) is 11.0 Å². The lowest BCUT2D eigenvalue weighted by Crippen LogP contribution is -2.19.